The molecule has 0 saturated heterocycles. The Morgan fingerprint density at radius 2 is 1.92 bits per heavy atom. The van der Waals surface area contributed by atoms with Crippen LogP contribution in [0.1, 0.15) is 39.2 Å². The molecule has 0 aromatic heterocycles. The number of sulfonamides is 1. The summed E-state index contributed by atoms with van der Waals surface area (Å²) in [6.07, 6.45) is 0.473. The SMILES string of the molecule is CC(C)(C)NC(=O)COC(=O)CCCN=C1NS(=O)(=O)c2ccccc21. The van der Waals surface area contributed by atoms with E-state index in [0.29, 0.717) is 12.0 Å². The molecule has 0 unspecified atom stereocenters. The molecular weight excluding hydrogens is 358 g/mol. The third-order valence-corrected chi connectivity index (χ3v) is 4.75. The molecule has 1 aliphatic rings. The van der Waals surface area contributed by atoms with Gasteiger partial charge in [0.25, 0.3) is 15.9 Å². The van der Waals surface area contributed by atoms with E-state index >= 15 is 0 Å². The lowest BCUT2D eigenvalue weighted by Crippen LogP contribution is -2.42. The van der Waals surface area contributed by atoms with E-state index in [1.807, 2.05) is 20.8 Å². The number of nitrogens with one attached hydrogen (secondary N) is 2. The number of ether oxygens (including phenoxy) is 1. The normalized spacial score (nSPS) is 16.7. The summed E-state index contributed by atoms with van der Waals surface area (Å²) in [5.41, 5.74) is 0.138. The number of amidine groups is 1. The molecule has 1 aromatic carbocycles. The van der Waals surface area contributed by atoms with E-state index in [1.165, 1.54) is 6.07 Å². The number of aliphatic imine (C=N–C) groups is 1. The minimum atomic E-state index is -3.56. The first kappa shape index (κ1) is 19.9. The Hall–Kier alpha value is -2.42. The molecule has 8 nitrogen and oxygen atoms in total. The van der Waals surface area contributed by atoms with Crippen molar-refractivity contribution in [3.63, 3.8) is 0 Å². The molecule has 26 heavy (non-hydrogen) atoms. The predicted molar refractivity (Wildman–Crippen MR) is 96.3 cm³/mol. The lowest BCUT2D eigenvalue weighted by Gasteiger charge is -2.20. The minimum Gasteiger partial charge on any atom is -0.456 e. The molecule has 2 N–H and O–H groups in total. The standard InChI is InChI=1S/C17H23N3O5S/c1-17(2,3)19-14(21)11-25-15(22)9-6-10-18-16-12-7-4-5-8-13(12)26(23,24)20-16/h4-5,7-8H,6,9-11H2,1-3H3,(H,18,20)(H,19,21). The van der Waals surface area contributed by atoms with Gasteiger partial charge < -0.3 is 10.1 Å². The van der Waals surface area contributed by atoms with Gasteiger partial charge >= 0.3 is 5.97 Å². The van der Waals surface area contributed by atoms with Crippen molar-refractivity contribution in [1.29, 1.82) is 0 Å². The van der Waals surface area contributed by atoms with Gasteiger partial charge in [0.05, 0.1) is 4.90 Å². The van der Waals surface area contributed by atoms with E-state index in [2.05, 4.69) is 15.0 Å². The molecule has 0 saturated carbocycles. The van der Waals surface area contributed by atoms with Crippen LogP contribution in [0.25, 0.3) is 0 Å². The fourth-order valence-electron chi connectivity index (χ4n) is 2.34. The number of hydrogen-bond donors (Lipinski definition) is 2. The molecule has 1 amide bonds. The molecule has 2 rings (SSSR count). The van der Waals surface area contributed by atoms with Crippen molar-refractivity contribution >= 4 is 27.7 Å². The van der Waals surface area contributed by atoms with Crippen LogP contribution in [0.4, 0.5) is 0 Å². The highest BCUT2D eigenvalue weighted by Gasteiger charge is 2.29. The second kappa shape index (κ2) is 7.86. The third-order valence-electron chi connectivity index (χ3n) is 3.35. The maximum Gasteiger partial charge on any atom is 0.306 e. The second-order valence-corrected chi connectivity index (χ2v) is 8.55. The van der Waals surface area contributed by atoms with Crippen molar-refractivity contribution in [2.75, 3.05) is 13.2 Å². The Bertz CT molecular complexity index is 825. The molecule has 1 aliphatic heterocycles. The summed E-state index contributed by atoms with van der Waals surface area (Å²) in [7, 11) is -3.56. The number of carbonyl (C=O) groups excluding carboxylic acids is 2. The van der Waals surface area contributed by atoms with Crippen LogP contribution in [-0.4, -0.2) is 44.8 Å². The number of carbonyl (C=O) groups is 2. The van der Waals surface area contributed by atoms with E-state index in [0.717, 1.165) is 0 Å². The van der Waals surface area contributed by atoms with Gasteiger partial charge in [-0.15, -0.1) is 0 Å². The van der Waals surface area contributed by atoms with Crippen LogP contribution < -0.4 is 10.0 Å². The summed E-state index contributed by atoms with van der Waals surface area (Å²) in [6.45, 7) is 5.44. The molecule has 9 heteroatoms. The van der Waals surface area contributed by atoms with Gasteiger partial charge in [0.1, 0.15) is 5.84 Å². The van der Waals surface area contributed by atoms with Crippen molar-refractivity contribution in [1.82, 2.24) is 10.0 Å². The smallest absolute Gasteiger partial charge is 0.306 e. The Morgan fingerprint density at radius 1 is 1.23 bits per heavy atom. The first-order chi connectivity index (χ1) is 12.1. The van der Waals surface area contributed by atoms with Crippen LogP contribution in [0.15, 0.2) is 34.2 Å². The summed E-state index contributed by atoms with van der Waals surface area (Å²) in [5, 5.41) is 2.69. The summed E-state index contributed by atoms with van der Waals surface area (Å²) >= 11 is 0. The average molecular weight is 381 g/mol. The summed E-state index contributed by atoms with van der Waals surface area (Å²) < 4.78 is 31.2. The molecule has 0 aliphatic carbocycles. The van der Waals surface area contributed by atoms with Crippen molar-refractivity contribution in [3.8, 4) is 0 Å². The Kier molecular flexibility index (Phi) is 6.01. The highest BCUT2D eigenvalue weighted by atomic mass is 32.2. The zero-order chi connectivity index (χ0) is 19.4. The fourth-order valence-corrected chi connectivity index (χ4v) is 3.59. The first-order valence-corrected chi connectivity index (χ1v) is 9.70. The van der Waals surface area contributed by atoms with Crippen LogP contribution in [0, 0.1) is 0 Å². The quantitative estimate of drug-likeness (QED) is 0.563. The molecular formula is C17H23N3O5S. The number of fused-ring (bicyclic) bond motifs is 1. The van der Waals surface area contributed by atoms with E-state index in [9.17, 15) is 18.0 Å². The maximum atomic E-state index is 11.9. The first-order valence-electron chi connectivity index (χ1n) is 8.22. The van der Waals surface area contributed by atoms with Crippen molar-refractivity contribution in [2.45, 2.75) is 44.0 Å². The third kappa shape index (κ3) is 5.55. The zero-order valence-corrected chi connectivity index (χ0v) is 15.9. The second-order valence-electron chi connectivity index (χ2n) is 6.89. The highest BCUT2D eigenvalue weighted by Crippen LogP contribution is 2.22. The van der Waals surface area contributed by atoms with Gasteiger partial charge in [0, 0.05) is 24.1 Å². The summed E-state index contributed by atoms with van der Waals surface area (Å²) in [6, 6.07) is 6.57. The van der Waals surface area contributed by atoms with Crippen LogP contribution in [0.3, 0.4) is 0 Å². The molecule has 0 radical (unpaired) electrons. The largest absolute Gasteiger partial charge is 0.456 e. The maximum absolute atomic E-state index is 11.9. The number of benzene rings is 1. The number of esters is 1. The van der Waals surface area contributed by atoms with Crippen LogP contribution in [0.2, 0.25) is 0 Å². The van der Waals surface area contributed by atoms with Gasteiger partial charge in [-0.3, -0.25) is 19.3 Å². The van der Waals surface area contributed by atoms with Gasteiger partial charge in [-0.25, -0.2) is 8.42 Å². The summed E-state index contributed by atoms with van der Waals surface area (Å²) in [5.74, 6) is -0.580. The van der Waals surface area contributed by atoms with E-state index < -0.39 is 16.0 Å². The minimum absolute atomic E-state index is 0.0912. The van der Waals surface area contributed by atoms with Crippen LogP contribution >= 0.6 is 0 Å². The number of rotatable bonds is 6. The Morgan fingerprint density at radius 3 is 2.62 bits per heavy atom. The number of nitrogens with zero attached hydrogens (tertiary/aromatic N) is 1. The van der Waals surface area contributed by atoms with Gasteiger partial charge in [-0.05, 0) is 39.3 Å². The molecule has 0 atom stereocenters. The molecule has 0 spiro atoms. The topological polar surface area (TPSA) is 114 Å². The van der Waals surface area contributed by atoms with Crippen molar-refractivity contribution in [3.05, 3.63) is 29.8 Å². The van der Waals surface area contributed by atoms with E-state index in [4.69, 9.17) is 4.74 Å². The average Bonchev–Trinajstić information content (AvgIpc) is 2.79. The monoisotopic (exact) mass is 381 g/mol. The number of amides is 1. The summed E-state index contributed by atoms with van der Waals surface area (Å²) in [4.78, 5) is 27.6. The lowest BCUT2D eigenvalue weighted by molar-refractivity contribution is -0.149. The number of hydrogen-bond acceptors (Lipinski definition) is 6. The van der Waals surface area contributed by atoms with Crippen LogP contribution in [-0.2, 0) is 24.3 Å². The molecule has 142 valence electrons. The van der Waals surface area contributed by atoms with E-state index in [-0.39, 0.29) is 41.7 Å². The van der Waals surface area contributed by atoms with Crippen LogP contribution in [0.5, 0.6) is 0 Å². The highest BCUT2D eigenvalue weighted by molar-refractivity contribution is 7.90. The molecule has 0 fully saturated rings. The van der Waals surface area contributed by atoms with Gasteiger partial charge in [0.15, 0.2) is 6.61 Å². The Balaban J connectivity index is 1.78. The van der Waals surface area contributed by atoms with Crippen molar-refractivity contribution in [2.24, 2.45) is 4.99 Å². The molecule has 1 aromatic rings. The van der Waals surface area contributed by atoms with Gasteiger partial charge in [0.2, 0.25) is 0 Å². The van der Waals surface area contributed by atoms with Gasteiger partial charge in [-0.2, -0.15) is 0 Å². The lowest BCUT2D eigenvalue weighted by atomic mass is 10.1. The fraction of sp³-hybridized carbons (Fsp3) is 0.471. The molecule has 0 bridgehead atoms. The Labute approximate surface area is 153 Å². The molecule has 1 heterocycles. The predicted octanol–water partition coefficient (Wildman–Crippen LogP) is 0.963. The van der Waals surface area contributed by atoms with Crippen molar-refractivity contribution < 1.29 is 22.7 Å². The van der Waals surface area contributed by atoms with Gasteiger partial charge in [-0.1, -0.05) is 12.1 Å². The van der Waals surface area contributed by atoms with E-state index in [1.54, 1.807) is 18.2 Å². The zero-order valence-electron chi connectivity index (χ0n) is 15.0.